The second-order valence-corrected chi connectivity index (χ2v) is 15.3. The van der Waals surface area contributed by atoms with Crippen molar-refractivity contribution in [3.63, 3.8) is 0 Å². The lowest BCUT2D eigenvalue weighted by molar-refractivity contribution is -0.167. The quantitative estimate of drug-likeness (QED) is 0.0265. The lowest BCUT2D eigenvalue weighted by Gasteiger charge is -2.18. The van der Waals surface area contributed by atoms with Gasteiger partial charge in [-0.15, -0.1) is 0 Å². The number of esters is 3. The van der Waals surface area contributed by atoms with Gasteiger partial charge in [0.05, 0.1) is 0 Å². The van der Waals surface area contributed by atoms with Crippen LogP contribution in [0.15, 0.2) is 85.1 Å². The molecule has 0 aromatic rings. The van der Waals surface area contributed by atoms with E-state index in [0.29, 0.717) is 19.3 Å². The number of hydrogen-bond acceptors (Lipinski definition) is 6. The molecule has 0 fully saturated rings. The summed E-state index contributed by atoms with van der Waals surface area (Å²) in [5, 5.41) is 0. The van der Waals surface area contributed by atoms with Crippen molar-refractivity contribution < 1.29 is 28.6 Å². The maximum absolute atomic E-state index is 12.7. The van der Waals surface area contributed by atoms with E-state index in [1.165, 1.54) is 32.1 Å². The van der Waals surface area contributed by atoms with Crippen LogP contribution in [0.25, 0.3) is 0 Å². The van der Waals surface area contributed by atoms with Crippen LogP contribution in [0, 0.1) is 0 Å². The first-order valence-electron chi connectivity index (χ1n) is 23.6. The van der Waals surface area contributed by atoms with Crippen LogP contribution in [0.4, 0.5) is 0 Å². The van der Waals surface area contributed by atoms with Crippen molar-refractivity contribution in [1.29, 1.82) is 0 Å². The Balaban J connectivity index is 4.41. The zero-order valence-electron chi connectivity index (χ0n) is 37.5. The fourth-order valence-corrected chi connectivity index (χ4v) is 6.15. The number of carbonyl (C=O) groups is 3. The average molecular weight is 807 g/mol. The highest BCUT2D eigenvalue weighted by Crippen LogP contribution is 2.13. The van der Waals surface area contributed by atoms with Crippen LogP contribution in [-0.4, -0.2) is 37.2 Å². The SMILES string of the molecule is CC/C=C\C/C=C\C/C=C\C/C=C\CCCCCCC(=O)OCC(COC(=O)CCCCCCCCCC)OC(=O)CCCCCCC/C=C\C/C=C\C/C=C\CC. The maximum Gasteiger partial charge on any atom is 0.306 e. The second kappa shape index (κ2) is 46.3. The van der Waals surface area contributed by atoms with Crippen molar-refractivity contribution in [3.8, 4) is 0 Å². The van der Waals surface area contributed by atoms with Gasteiger partial charge in [-0.3, -0.25) is 14.4 Å². The van der Waals surface area contributed by atoms with Crippen LogP contribution in [0.1, 0.15) is 207 Å². The largest absolute Gasteiger partial charge is 0.462 e. The summed E-state index contributed by atoms with van der Waals surface area (Å²) >= 11 is 0. The summed E-state index contributed by atoms with van der Waals surface area (Å²) in [6.45, 7) is 6.33. The molecular formula is C52H86O6. The van der Waals surface area contributed by atoms with Crippen LogP contribution in [-0.2, 0) is 28.6 Å². The van der Waals surface area contributed by atoms with E-state index in [1.54, 1.807) is 0 Å². The lowest BCUT2D eigenvalue weighted by atomic mass is 10.1. The first-order valence-corrected chi connectivity index (χ1v) is 23.6. The summed E-state index contributed by atoms with van der Waals surface area (Å²) in [6, 6.07) is 0. The van der Waals surface area contributed by atoms with Gasteiger partial charge in [0.2, 0.25) is 0 Å². The van der Waals surface area contributed by atoms with E-state index in [-0.39, 0.29) is 31.1 Å². The smallest absolute Gasteiger partial charge is 0.306 e. The van der Waals surface area contributed by atoms with Crippen LogP contribution < -0.4 is 0 Å². The second-order valence-electron chi connectivity index (χ2n) is 15.3. The molecule has 0 N–H and O–H groups in total. The Morgan fingerprint density at radius 2 is 0.672 bits per heavy atom. The Morgan fingerprint density at radius 1 is 0.362 bits per heavy atom. The molecule has 6 heteroatoms. The maximum atomic E-state index is 12.7. The number of carbonyl (C=O) groups excluding carboxylic acids is 3. The molecule has 0 radical (unpaired) electrons. The zero-order chi connectivity index (χ0) is 42.3. The summed E-state index contributed by atoms with van der Waals surface area (Å²) in [7, 11) is 0. The monoisotopic (exact) mass is 807 g/mol. The van der Waals surface area contributed by atoms with Crippen molar-refractivity contribution in [1.82, 2.24) is 0 Å². The Hall–Kier alpha value is -3.41. The van der Waals surface area contributed by atoms with Crippen LogP contribution in [0.2, 0.25) is 0 Å². The number of hydrogen-bond donors (Lipinski definition) is 0. The van der Waals surface area contributed by atoms with Crippen LogP contribution in [0.3, 0.4) is 0 Å². The predicted octanol–water partition coefficient (Wildman–Crippen LogP) is 15.3. The summed E-state index contributed by atoms with van der Waals surface area (Å²) in [5.74, 6) is -0.944. The molecule has 0 rings (SSSR count). The molecule has 0 heterocycles. The normalized spacial score (nSPS) is 12.8. The minimum absolute atomic E-state index is 0.0919. The highest BCUT2D eigenvalue weighted by atomic mass is 16.6. The van der Waals surface area contributed by atoms with Gasteiger partial charge in [-0.2, -0.15) is 0 Å². The van der Waals surface area contributed by atoms with E-state index >= 15 is 0 Å². The molecule has 0 aliphatic carbocycles. The third-order valence-electron chi connectivity index (χ3n) is 9.65. The Labute approximate surface area is 356 Å². The average Bonchev–Trinajstić information content (AvgIpc) is 3.22. The molecule has 1 unspecified atom stereocenters. The van der Waals surface area contributed by atoms with Crippen LogP contribution in [0.5, 0.6) is 0 Å². The minimum atomic E-state index is -0.792. The predicted molar refractivity (Wildman–Crippen MR) is 247 cm³/mol. The molecule has 0 aromatic carbocycles. The standard InChI is InChI=1S/C52H86O6/c1-4-7-10-13-16-19-21-23-25-26-28-29-31-33-36-39-42-45-51(54)57-48-49(47-56-50(53)44-41-38-35-18-15-12-9-6-3)58-52(55)46-43-40-37-34-32-30-27-24-22-20-17-14-11-8-5-2/h7-8,10-11,16-17,19-20,23-25,27-29,49H,4-6,9,12-15,18,21-22,26,30-48H2,1-3H3/b10-7-,11-8-,19-16-,20-17-,25-23-,27-24-,29-28-. The molecule has 0 aliphatic heterocycles. The fraction of sp³-hybridized carbons (Fsp3) is 0.673. The first-order chi connectivity index (χ1) is 28.5. The van der Waals surface area contributed by atoms with Gasteiger partial charge < -0.3 is 14.2 Å². The molecule has 0 aliphatic rings. The Kier molecular flexibility index (Phi) is 43.6. The molecule has 330 valence electrons. The number of unbranched alkanes of at least 4 members (excludes halogenated alkanes) is 16. The molecule has 58 heavy (non-hydrogen) atoms. The van der Waals surface area contributed by atoms with Gasteiger partial charge in [0.15, 0.2) is 6.10 Å². The third-order valence-corrected chi connectivity index (χ3v) is 9.65. The number of ether oxygens (including phenoxy) is 3. The van der Waals surface area contributed by atoms with Crippen molar-refractivity contribution in [2.45, 2.75) is 213 Å². The van der Waals surface area contributed by atoms with E-state index in [1.807, 2.05) is 0 Å². The lowest BCUT2D eigenvalue weighted by Crippen LogP contribution is -2.30. The van der Waals surface area contributed by atoms with Crippen LogP contribution >= 0.6 is 0 Å². The Bertz CT molecular complexity index is 1160. The van der Waals surface area contributed by atoms with Gasteiger partial charge in [-0.25, -0.2) is 0 Å². The van der Waals surface area contributed by atoms with Gasteiger partial charge >= 0.3 is 17.9 Å². The topological polar surface area (TPSA) is 78.9 Å². The van der Waals surface area contributed by atoms with E-state index in [2.05, 4.69) is 106 Å². The van der Waals surface area contributed by atoms with Crippen molar-refractivity contribution >= 4 is 17.9 Å². The van der Waals surface area contributed by atoms with Crippen molar-refractivity contribution in [2.75, 3.05) is 13.2 Å². The van der Waals surface area contributed by atoms with Gasteiger partial charge in [0.25, 0.3) is 0 Å². The Morgan fingerprint density at radius 3 is 1.05 bits per heavy atom. The number of rotatable bonds is 41. The molecule has 0 spiro atoms. The minimum Gasteiger partial charge on any atom is -0.462 e. The molecule has 1 atom stereocenters. The molecule has 6 nitrogen and oxygen atoms in total. The van der Waals surface area contributed by atoms with E-state index in [0.717, 1.165) is 135 Å². The molecule has 0 saturated heterocycles. The first kappa shape index (κ1) is 54.6. The molecule has 0 saturated carbocycles. The molecular weight excluding hydrogens is 721 g/mol. The third kappa shape index (κ3) is 43.7. The zero-order valence-corrected chi connectivity index (χ0v) is 37.5. The van der Waals surface area contributed by atoms with Crippen molar-refractivity contribution in [3.05, 3.63) is 85.1 Å². The molecule has 0 bridgehead atoms. The van der Waals surface area contributed by atoms with Gasteiger partial charge in [0, 0.05) is 19.3 Å². The fourth-order valence-electron chi connectivity index (χ4n) is 6.15. The van der Waals surface area contributed by atoms with E-state index in [4.69, 9.17) is 14.2 Å². The van der Waals surface area contributed by atoms with E-state index in [9.17, 15) is 14.4 Å². The van der Waals surface area contributed by atoms with Gasteiger partial charge in [0.1, 0.15) is 13.2 Å². The summed E-state index contributed by atoms with van der Waals surface area (Å²) in [5.41, 5.74) is 0. The highest BCUT2D eigenvalue weighted by molar-refractivity contribution is 5.71. The molecule has 0 aromatic heterocycles. The van der Waals surface area contributed by atoms with E-state index < -0.39 is 6.10 Å². The summed E-state index contributed by atoms with van der Waals surface area (Å²) in [4.78, 5) is 37.7. The number of allylic oxidation sites excluding steroid dienone is 14. The molecule has 0 amide bonds. The van der Waals surface area contributed by atoms with Gasteiger partial charge in [-0.1, -0.05) is 183 Å². The highest BCUT2D eigenvalue weighted by Gasteiger charge is 2.19. The van der Waals surface area contributed by atoms with Crippen molar-refractivity contribution in [2.24, 2.45) is 0 Å². The van der Waals surface area contributed by atoms with Gasteiger partial charge in [-0.05, 0) is 89.9 Å². The summed E-state index contributed by atoms with van der Waals surface area (Å²) in [6.07, 6.45) is 58.5. The summed E-state index contributed by atoms with van der Waals surface area (Å²) < 4.78 is 16.7.